The molecule has 0 aliphatic heterocycles. The summed E-state index contributed by atoms with van der Waals surface area (Å²) >= 11 is 0. The Labute approximate surface area is 122 Å². The molecule has 0 bridgehead atoms. The third-order valence-electron chi connectivity index (χ3n) is 3.92. The molecule has 0 N–H and O–H groups in total. The van der Waals surface area contributed by atoms with Crippen LogP contribution >= 0.6 is 0 Å². The Hall–Kier alpha value is -1.76. The fourth-order valence-corrected chi connectivity index (χ4v) is 2.57. The SMILES string of the molecule is COc1ccc(C(Cc2ccc(C)cc2)C(C)C)cc1. The van der Waals surface area contributed by atoms with Crippen molar-refractivity contribution in [1.82, 2.24) is 0 Å². The van der Waals surface area contributed by atoms with Crippen molar-refractivity contribution in [3.05, 3.63) is 65.2 Å². The number of aryl methyl sites for hydroxylation is 1. The molecule has 0 heterocycles. The number of rotatable bonds is 5. The molecule has 2 rings (SSSR count). The molecule has 0 radical (unpaired) electrons. The van der Waals surface area contributed by atoms with E-state index in [0.717, 1.165) is 12.2 Å². The van der Waals surface area contributed by atoms with Gasteiger partial charge in [-0.05, 0) is 48.4 Å². The van der Waals surface area contributed by atoms with Crippen LogP contribution in [0.15, 0.2) is 48.5 Å². The van der Waals surface area contributed by atoms with E-state index in [-0.39, 0.29) is 0 Å². The van der Waals surface area contributed by atoms with E-state index in [1.54, 1.807) is 7.11 Å². The second kappa shape index (κ2) is 6.60. The normalized spacial score (nSPS) is 12.4. The molecular formula is C19H24O. The zero-order valence-electron chi connectivity index (χ0n) is 12.9. The molecular weight excluding hydrogens is 244 g/mol. The predicted octanol–water partition coefficient (Wildman–Crippen LogP) is 4.99. The van der Waals surface area contributed by atoms with Gasteiger partial charge in [-0.15, -0.1) is 0 Å². The molecule has 1 nitrogen and oxygen atoms in total. The summed E-state index contributed by atoms with van der Waals surface area (Å²) in [6.07, 6.45) is 1.09. The molecule has 2 aromatic carbocycles. The Kier molecular flexibility index (Phi) is 4.84. The first kappa shape index (κ1) is 14.6. The number of hydrogen-bond donors (Lipinski definition) is 0. The van der Waals surface area contributed by atoms with E-state index in [1.165, 1.54) is 16.7 Å². The average molecular weight is 268 g/mol. The van der Waals surface area contributed by atoms with Crippen molar-refractivity contribution in [1.29, 1.82) is 0 Å². The van der Waals surface area contributed by atoms with Crippen LogP contribution in [0.25, 0.3) is 0 Å². The highest BCUT2D eigenvalue weighted by molar-refractivity contribution is 5.31. The molecule has 0 aliphatic rings. The van der Waals surface area contributed by atoms with Crippen LogP contribution in [-0.4, -0.2) is 7.11 Å². The Morgan fingerprint density at radius 1 is 0.900 bits per heavy atom. The first-order valence-corrected chi connectivity index (χ1v) is 7.29. The van der Waals surface area contributed by atoms with Crippen molar-refractivity contribution < 1.29 is 4.74 Å². The average Bonchev–Trinajstić information content (AvgIpc) is 2.46. The van der Waals surface area contributed by atoms with Gasteiger partial charge in [0.1, 0.15) is 5.75 Å². The van der Waals surface area contributed by atoms with Gasteiger partial charge in [0, 0.05) is 0 Å². The van der Waals surface area contributed by atoms with Crippen molar-refractivity contribution in [3.63, 3.8) is 0 Å². The van der Waals surface area contributed by atoms with Crippen LogP contribution in [0.2, 0.25) is 0 Å². The van der Waals surface area contributed by atoms with Gasteiger partial charge >= 0.3 is 0 Å². The Balaban J connectivity index is 2.19. The minimum Gasteiger partial charge on any atom is -0.497 e. The highest BCUT2D eigenvalue weighted by Gasteiger charge is 2.16. The molecule has 1 unspecified atom stereocenters. The maximum Gasteiger partial charge on any atom is 0.118 e. The minimum absolute atomic E-state index is 0.545. The summed E-state index contributed by atoms with van der Waals surface area (Å²) in [7, 11) is 1.71. The zero-order valence-corrected chi connectivity index (χ0v) is 12.9. The van der Waals surface area contributed by atoms with Crippen molar-refractivity contribution >= 4 is 0 Å². The lowest BCUT2D eigenvalue weighted by Gasteiger charge is -2.22. The number of ether oxygens (including phenoxy) is 1. The van der Waals surface area contributed by atoms with E-state index in [4.69, 9.17) is 4.74 Å². The fourth-order valence-electron chi connectivity index (χ4n) is 2.57. The van der Waals surface area contributed by atoms with E-state index in [2.05, 4.69) is 69.3 Å². The van der Waals surface area contributed by atoms with Crippen LogP contribution < -0.4 is 4.74 Å². The second-order valence-electron chi connectivity index (χ2n) is 5.81. The lowest BCUT2D eigenvalue weighted by molar-refractivity contribution is 0.414. The summed E-state index contributed by atoms with van der Waals surface area (Å²) in [5, 5.41) is 0. The molecule has 0 saturated heterocycles. The monoisotopic (exact) mass is 268 g/mol. The topological polar surface area (TPSA) is 9.23 Å². The van der Waals surface area contributed by atoms with Gasteiger partial charge in [-0.1, -0.05) is 55.8 Å². The highest BCUT2D eigenvalue weighted by atomic mass is 16.5. The lowest BCUT2D eigenvalue weighted by atomic mass is 9.83. The third-order valence-corrected chi connectivity index (χ3v) is 3.92. The van der Waals surface area contributed by atoms with Crippen LogP contribution in [0.1, 0.15) is 36.5 Å². The van der Waals surface area contributed by atoms with E-state index in [0.29, 0.717) is 11.8 Å². The number of hydrogen-bond acceptors (Lipinski definition) is 1. The second-order valence-corrected chi connectivity index (χ2v) is 5.81. The zero-order chi connectivity index (χ0) is 14.5. The summed E-state index contributed by atoms with van der Waals surface area (Å²) in [5.74, 6) is 2.08. The predicted molar refractivity (Wildman–Crippen MR) is 85.5 cm³/mol. The summed E-state index contributed by atoms with van der Waals surface area (Å²) < 4.78 is 5.24. The van der Waals surface area contributed by atoms with Gasteiger partial charge in [-0.25, -0.2) is 0 Å². The van der Waals surface area contributed by atoms with Gasteiger partial charge < -0.3 is 4.74 Å². The van der Waals surface area contributed by atoms with Gasteiger partial charge in [0.15, 0.2) is 0 Å². The van der Waals surface area contributed by atoms with Gasteiger partial charge in [0.05, 0.1) is 7.11 Å². The van der Waals surface area contributed by atoms with Gasteiger partial charge in [0.25, 0.3) is 0 Å². The summed E-state index contributed by atoms with van der Waals surface area (Å²) in [5.41, 5.74) is 4.12. The number of benzene rings is 2. The van der Waals surface area contributed by atoms with Crippen molar-refractivity contribution in [2.45, 2.75) is 33.1 Å². The molecule has 0 spiro atoms. The maximum absolute atomic E-state index is 5.24. The van der Waals surface area contributed by atoms with Crippen molar-refractivity contribution in [2.24, 2.45) is 5.92 Å². The molecule has 2 aromatic rings. The van der Waals surface area contributed by atoms with E-state index >= 15 is 0 Å². The molecule has 0 saturated carbocycles. The highest BCUT2D eigenvalue weighted by Crippen LogP contribution is 2.29. The molecule has 106 valence electrons. The Morgan fingerprint density at radius 3 is 2.00 bits per heavy atom. The number of methoxy groups -OCH3 is 1. The maximum atomic E-state index is 5.24. The van der Waals surface area contributed by atoms with Crippen molar-refractivity contribution in [2.75, 3.05) is 7.11 Å². The molecule has 0 aliphatic carbocycles. The minimum atomic E-state index is 0.545. The molecule has 0 amide bonds. The molecule has 20 heavy (non-hydrogen) atoms. The van der Waals surface area contributed by atoms with Crippen LogP contribution in [0.3, 0.4) is 0 Å². The molecule has 1 heteroatoms. The van der Waals surface area contributed by atoms with Gasteiger partial charge in [-0.2, -0.15) is 0 Å². The standard InChI is InChI=1S/C19H24O/c1-14(2)19(13-16-7-5-15(3)6-8-16)17-9-11-18(20-4)12-10-17/h5-12,14,19H,13H2,1-4H3. The molecule has 0 aromatic heterocycles. The largest absolute Gasteiger partial charge is 0.497 e. The van der Waals surface area contributed by atoms with Crippen LogP contribution in [0.5, 0.6) is 5.75 Å². The van der Waals surface area contributed by atoms with Crippen LogP contribution in [0.4, 0.5) is 0 Å². The van der Waals surface area contributed by atoms with E-state index in [9.17, 15) is 0 Å². The summed E-state index contributed by atoms with van der Waals surface area (Å²) in [6.45, 7) is 6.72. The van der Waals surface area contributed by atoms with Gasteiger partial charge in [0.2, 0.25) is 0 Å². The van der Waals surface area contributed by atoms with Crippen LogP contribution in [-0.2, 0) is 6.42 Å². The summed E-state index contributed by atoms with van der Waals surface area (Å²) in [4.78, 5) is 0. The fraction of sp³-hybridized carbons (Fsp3) is 0.368. The Morgan fingerprint density at radius 2 is 1.50 bits per heavy atom. The van der Waals surface area contributed by atoms with E-state index in [1.807, 2.05) is 0 Å². The Bertz CT molecular complexity index is 523. The lowest BCUT2D eigenvalue weighted by Crippen LogP contribution is -2.10. The van der Waals surface area contributed by atoms with Crippen LogP contribution in [0, 0.1) is 12.8 Å². The molecule has 0 fully saturated rings. The first-order chi connectivity index (χ1) is 9.60. The third kappa shape index (κ3) is 3.63. The summed E-state index contributed by atoms with van der Waals surface area (Å²) in [6, 6.07) is 17.4. The molecule has 1 atom stereocenters. The smallest absolute Gasteiger partial charge is 0.118 e. The van der Waals surface area contributed by atoms with Crippen molar-refractivity contribution in [3.8, 4) is 5.75 Å². The quantitative estimate of drug-likeness (QED) is 0.742. The first-order valence-electron chi connectivity index (χ1n) is 7.29. The van der Waals surface area contributed by atoms with Gasteiger partial charge in [-0.3, -0.25) is 0 Å². The van der Waals surface area contributed by atoms with E-state index < -0.39 is 0 Å².